The number of aromatic nitrogens is 1. The van der Waals surface area contributed by atoms with Gasteiger partial charge in [0, 0.05) is 44.5 Å². The van der Waals surface area contributed by atoms with Crippen LogP contribution < -0.4 is 19.7 Å². The number of fused-ring (bicyclic) bond motifs is 1. The Morgan fingerprint density at radius 1 is 1.24 bits per heavy atom. The highest BCUT2D eigenvalue weighted by Gasteiger charge is 2.28. The number of anilines is 1. The number of hydrogen-bond acceptors (Lipinski definition) is 6. The van der Waals surface area contributed by atoms with Crippen molar-refractivity contribution in [2.45, 2.75) is 13.0 Å². The van der Waals surface area contributed by atoms with Crippen LogP contribution in [0.1, 0.15) is 11.1 Å². The lowest BCUT2D eigenvalue weighted by Gasteiger charge is -2.34. The first-order valence-electron chi connectivity index (χ1n) is 10.1. The van der Waals surface area contributed by atoms with Crippen molar-refractivity contribution < 1.29 is 14.3 Å². The van der Waals surface area contributed by atoms with Crippen LogP contribution in [0.2, 0.25) is 0 Å². The molecule has 1 fully saturated rings. The van der Waals surface area contributed by atoms with E-state index in [0.29, 0.717) is 25.3 Å². The van der Waals surface area contributed by atoms with Crippen LogP contribution in [0.3, 0.4) is 0 Å². The minimum absolute atomic E-state index is 0.00616. The van der Waals surface area contributed by atoms with Gasteiger partial charge >= 0.3 is 0 Å². The maximum Gasteiger partial charge on any atom is 0.227 e. The van der Waals surface area contributed by atoms with E-state index in [2.05, 4.69) is 27.1 Å². The van der Waals surface area contributed by atoms with Gasteiger partial charge < -0.3 is 24.6 Å². The Balaban J connectivity index is 1.39. The zero-order valence-electron chi connectivity index (χ0n) is 17.1. The quantitative estimate of drug-likeness (QED) is 0.830. The molecule has 0 bridgehead atoms. The predicted molar refractivity (Wildman–Crippen MR) is 111 cm³/mol. The molecule has 2 aliphatic rings. The number of rotatable bonds is 5. The molecule has 1 aromatic carbocycles. The molecule has 1 saturated heterocycles. The number of piperazine rings is 1. The average Bonchev–Trinajstić information content (AvgIpc) is 2.77. The number of nitrogens with one attached hydrogen (secondary N) is 1. The minimum Gasteiger partial charge on any atom is -0.493 e. The van der Waals surface area contributed by atoms with Gasteiger partial charge in [0.25, 0.3) is 0 Å². The molecule has 4 rings (SSSR count). The number of likely N-dealkylation sites (N-methyl/N-ethyl adjacent to an activating group) is 1. The van der Waals surface area contributed by atoms with E-state index >= 15 is 0 Å². The molecule has 3 heterocycles. The number of amides is 1. The van der Waals surface area contributed by atoms with Crippen LogP contribution in [0.5, 0.6) is 11.5 Å². The van der Waals surface area contributed by atoms with Gasteiger partial charge in [-0.1, -0.05) is 18.2 Å². The number of para-hydroxylation sites is 1. The molecule has 0 radical (unpaired) electrons. The Morgan fingerprint density at radius 2 is 2.07 bits per heavy atom. The SMILES string of the molecule is COc1cccc2c1OCC(C(=O)NCc1cccnc1N1CCN(C)CC1)C2. The van der Waals surface area contributed by atoms with Crippen LogP contribution in [0.4, 0.5) is 5.82 Å². The highest BCUT2D eigenvalue weighted by Crippen LogP contribution is 2.36. The topological polar surface area (TPSA) is 66.9 Å². The summed E-state index contributed by atoms with van der Waals surface area (Å²) in [5.41, 5.74) is 2.06. The molecule has 2 aliphatic heterocycles. The van der Waals surface area contributed by atoms with Crippen molar-refractivity contribution in [3.63, 3.8) is 0 Å². The third-order valence-electron chi connectivity index (χ3n) is 5.67. The predicted octanol–water partition coefficient (Wildman–Crippen LogP) is 1.71. The van der Waals surface area contributed by atoms with Crippen molar-refractivity contribution in [2.75, 3.05) is 51.8 Å². The van der Waals surface area contributed by atoms with Gasteiger partial charge in [-0.3, -0.25) is 4.79 Å². The van der Waals surface area contributed by atoms with E-state index in [1.165, 1.54) is 0 Å². The summed E-state index contributed by atoms with van der Waals surface area (Å²) < 4.78 is 11.2. The number of pyridine rings is 1. The first kappa shape index (κ1) is 19.5. The van der Waals surface area contributed by atoms with Gasteiger partial charge in [0.1, 0.15) is 12.4 Å². The number of hydrogen-bond donors (Lipinski definition) is 1. The maximum absolute atomic E-state index is 12.8. The standard InChI is InChI=1S/C22H28N4O3/c1-25-9-11-26(12-10-25)21-17(6-4-8-23-21)14-24-22(27)18-13-16-5-3-7-19(28-2)20(16)29-15-18/h3-8,18H,9-15H2,1-2H3,(H,24,27). The second-order valence-electron chi connectivity index (χ2n) is 7.65. The highest BCUT2D eigenvalue weighted by atomic mass is 16.5. The molecule has 1 N–H and O–H groups in total. The Kier molecular flexibility index (Phi) is 5.85. The summed E-state index contributed by atoms with van der Waals surface area (Å²) in [6, 6.07) is 9.76. The summed E-state index contributed by atoms with van der Waals surface area (Å²) in [6.07, 6.45) is 2.47. The van der Waals surface area contributed by atoms with Crippen LogP contribution in [-0.4, -0.2) is 62.7 Å². The summed E-state index contributed by atoms with van der Waals surface area (Å²) in [5, 5.41) is 3.09. The van der Waals surface area contributed by atoms with Crippen molar-refractivity contribution in [1.82, 2.24) is 15.2 Å². The van der Waals surface area contributed by atoms with Crippen LogP contribution >= 0.6 is 0 Å². The molecule has 1 atom stereocenters. The summed E-state index contributed by atoms with van der Waals surface area (Å²) in [7, 11) is 3.76. The lowest BCUT2D eigenvalue weighted by Crippen LogP contribution is -2.45. The third-order valence-corrected chi connectivity index (χ3v) is 5.67. The minimum atomic E-state index is -0.210. The van der Waals surface area contributed by atoms with E-state index < -0.39 is 0 Å². The lowest BCUT2D eigenvalue weighted by molar-refractivity contribution is -0.126. The molecule has 1 aromatic heterocycles. The van der Waals surface area contributed by atoms with Crippen LogP contribution in [0, 0.1) is 5.92 Å². The largest absolute Gasteiger partial charge is 0.493 e. The molecule has 2 aromatic rings. The summed E-state index contributed by atoms with van der Waals surface area (Å²) >= 11 is 0. The summed E-state index contributed by atoms with van der Waals surface area (Å²) in [6.45, 7) is 4.76. The van der Waals surface area contributed by atoms with Gasteiger partial charge in [-0.05, 0) is 31.2 Å². The second-order valence-corrected chi connectivity index (χ2v) is 7.65. The zero-order valence-corrected chi connectivity index (χ0v) is 17.1. The van der Waals surface area contributed by atoms with E-state index in [1.54, 1.807) is 7.11 Å². The fourth-order valence-electron chi connectivity index (χ4n) is 3.92. The third kappa shape index (κ3) is 4.29. The van der Waals surface area contributed by atoms with Gasteiger partial charge in [0.05, 0.1) is 13.0 Å². The van der Waals surface area contributed by atoms with Crippen molar-refractivity contribution in [3.8, 4) is 11.5 Å². The number of methoxy groups -OCH3 is 1. The van der Waals surface area contributed by atoms with Gasteiger partial charge in [0.2, 0.25) is 5.91 Å². The Bertz CT molecular complexity index is 865. The number of nitrogens with zero attached hydrogens (tertiary/aromatic N) is 3. The molecular formula is C22H28N4O3. The maximum atomic E-state index is 12.8. The molecule has 1 unspecified atom stereocenters. The zero-order chi connectivity index (χ0) is 20.2. The van der Waals surface area contributed by atoms with Crippen LogP contribution in [-0.2, 0) is 17.8 Å². The Morgan fingerprint density at radius 3 is 2.86 bits per heavy atom. The molecule has 7 heteroatoms. The van der Waals surface area contributed by atoms with Crippen molar-refractivity contribution in [2.24, 2.45) is 5.92 Å². The fourth-order valence-corrected chi connectivity index (χ4v) is 3.92. The number of benzene rings is 1. The normalized spacial score (nSPS) is 19.2. The molecule has 154 valence electrons. The number of carbonyl (C=O) groups is 1. The first-order valence-corrected chi connectivity index (χ1v) is 10.1. The number of ether oxygens (including phenoxy) is 2. The molecule has 0 spiro atoms. The smallest absolute Gasteiger partial charge is 0.227 e. The monoisotopic (exact) mass is 396 g/mol. The van der Waals surface area contributed by atoms with Gasteiger partial charge in [-0.15, -0.1) is 0 Å². The molecule has 29 heavy (non-hydrogen) atoms. The summed E-state index contributed by atoms with van der Waals surface area (Å²) in [4.78, 5) is 22.0. The average molecular weight is 396 g/mol. The second kappa shape index (κ2) is 8.69. The van der Waals surface area contributed by atoms with E-state index in [4.69, 9.17) is 9.47 Å². The van der Waals surface area contributed by atoms with Gasteiger partial charge in [-0.2, -0.15) is 0 Å². The van der Waals surface area contributed by atoms with E-state index in [9.17, 15) is 4.79 Å². The fraction of sp³-hybridized carbons (Fsp3) is 0.455. The van der Waals surface area contributed by atoms with Crippen molar-refractivity contribution in [3.05, 3.63) is 47.7 Å². The highest BCUT2D eigenvalue weighted by molar-refractivity contribution is 5.80. The summed E-state index contributed by atoms with van der Waals surface area (Å²) in [5.74, 6) is 2.23. The number of carbonyl (C=O) groups excluding carboxylic acids is 1. The van der Waals surface area contributed by atoms with E-state index in [-0.39, 0.29) is 11.8 Å². The Hall–Kier alpha value is -2.80. The lowest BCUT2D eigenvalue weighted by atomic mass is 9.95. The van der Waals surface area contributed by atoms with Crippen molar-refractivity contribution >= 4 is 11.7 Å². The molecular weight excluding hydrogens is 368 g/mol. The molecule has 0 aliphatic carbocycles. The van der Waals surface area contributed by atoms with Crippen LogP contribution in [0.15, 0.2) is 36.5 Å². The van der Waals surface area contributed by atoms with E-state index in [1.807, 2.05) is 36.5 Å². The molecule has 0 saturated carbocycles. The van der Waals surface area contributed by atoms with Crippen LogP contribution in [0.25, 0.3) is 0 Å². The Labute approximate surface area is 171 Å². The van der Waals surface area contributed by atoms with Gasteiger partial charge in [0.15, 0.2) is 11.5 Å². The first-order chi connectivity index (χ1) is 14.2. The molecule has 1 amide bonds. The molecule has 7 nitrogen and oxygen atoms in total. The van der Waals surface area contributed by atoms with Gasteiger partial charge in [-0.25, -0.2) is 4.98 Å². The van der Waals surface area contributed by atoms with Crippen molar-refractivity contribution in [1.29, 1.82) is 0 Å². The van der Waals surface area contributed by atoms with E-state index in [0.717, 1.165) is 48.9 Å².